The van der Waals surface area contributed by atoms with E-state index >= 15 is 0 Å². The maximum Gasteiger partial charge on any atom is 0.128 e. The van der Waals surface area contributed by atoms with Crippen LogP contribution in [0, 0.1) is 18.8 Å². The van der Waals surface area contributed by atoms with Crippen molar-refractivity contribution in [2.24, 2.45) is 11.8 Å². The zero-order chi connectivity index (χ0) is 11.7. The number of hydrogen-bond acceptors (Lipinski definition) is 3. The van der Waals surface area contributed by atoms with Gasteiger partial charge < -0.3 is 10.6 Å². The molecular formula is C13H21N3. The van der Waals surface area contributed by atoms with Gasteiger partial charge in [-0.05, 0) is 37.3 Å². The Kier molecular flexibility index (Phi) is 3.03. The van der Waals surface area contributed by atoms with Crippen molar-refractivity contribution in [2.75, 3.05) is 23.7 Å². The molecule has 2 rings (SSSR count). The van der Waals surface area contributed by atoms with Gasteiger partial charge in [0.15, 0.2) is 0 Å². The minimum atomic E-state index is 0.744. The number of nitrogen functional groups attached to an aromatic ring is 1. The number of pyridine rings is 1. The molecule has 0 amide bonds. The van der Waals surface area contributed by atoms with Crippen molar-refractivity contribution in [2.45, 2.75) is 27.2 Å². The molecule has 0 spiro atoms. The first-order chi connectivity index (χ1) is 7.58. The second kappa shape index (κ2) is 4.32. The summed E-state index contributed by atoms with van der Waals surface area (Å²) >= 11 is 0. The van der Waals surface area contributed by atoms with E-state index in [1.807, 2.05) is 19.1 Å². The fourth-order valence-electron chi connectivity index (χ4n) is 2.21. The first kappa shape index (κ1) is 11.2. The van der Waals surface area contributed by atoms with Gasteiger partial charge in [-0.25, -0.2) is 4.98 Å². The largest absolute Gasteiger partial charge is 0.397 e. The molecular weight excluding hydrogens is 198 g/mol. The number of aromatic nitrogens is 1. The summed E-state index contributed by atoms with van der Waals surface area (Å²) in [5.41, 5.74) is 7.50. The molecule has 3 nitrogen and oxygen atoms in total. The average Bonchev–Trinajstić information content (AvgIpc) is 2.26. The molecule has 1 aliphatic rings. The second-order valence-electron chi connectivity index (χ2n) is 5.03. The number of nitrogens with two attached hydrogens (primary N) is 1. The summed E-state index contributed by atoms with van der Waals surface area (Å²) in [4.78, 5) is 6.93. The molecule has 0 bridgehead atoms. The first-order valence-corrected chi connectivity index (χ1v) is 6.06. The maximum absolute atomic E-state index is 5.79. The fourth-order valence-corrected chi connectivity index (χ4v) is 2.21. The van der Waals surface area contributed by atoms with Crippen LogP contribution >= 0.6 is 0 Å². The monoisotopic (exact) mass is 219 g/mol. The molecule has 3 heteroatoms. The van der Waals surface area contributed by atoms with Crippen LogP contribution in [0.3, 0.4) is 0 Å². The van der Waals surface area contributed by atoms with E-state index in [2.05, 4.69) is 23.7 Å². The summed E-state index contributed by atoms with van der Waals surface area (Å²) in [5, 5.41) is 0. The SMILES string of the molecule is Cc1nc(N2CCC(C)C(C)C2)ccc1N. The van der Waals surface area contributed by atoms with Crippen LogP contribution in [0.4, 0.5) is 11.5 Å². The molecule has 88 valence electrons. The number of piperidine rings is 1. The summed E-state index contributed by atoms with van der Waals surface area (Å²) in [6, 6.07) is 3.99. The zero-order valence-electron chi connectivity index (χ0n) is 10.4. The Hall–Kier alpha value is -1.25. The summed E-state index contributed by atoms with van der Waals surface area (Å²) in [7, 11) is 0. The lowest BCUT2D eigenvalue weighted by Crippen LogP contribution is -2.38. The van der Waals surface area contributed by atoms with E-state index < -0.39 is 0 Å². The van der Waals surface area contributed by atoms with Gasteiger partial charge in [0.1, 0.15) is 5.82 Å². The van der Waals surface area contributed by atoms with Gasteiger partial charge in [0.25, 0.3) is 0 Å². The number of hydrogen-bond donors (Lipinski definition) is 1. The van der Waals surface area contributed by atoms with Crippen molar-refractivity contribution in [3.8, 4) is 0 Å². The zero-order valence-corrected chi connectivity index (χ0v) is 10.4. The third-order valence-corrected chi connectivity index (χ3v) is 3.77. The van der Waals surface area contributed by atoms with Crippen LogP contribution in [-0.4, -0.2) is 18.1 Å². The van der Waals surface area contributed by atoms with E-state index in [9.17, 15) is 0 Å². The molecule has 1 aliphatic heterocycles. The van der Waals surface area contributed by atoms with Gasteiger partial charge in [-0.2, -0.15) is 0 Å². The standard InChI is InChI=1S/C13H21N3/c1-9-6-7-16(8-10(9)2)13-5-4-12(14)11(3)15-13/h4-5,9-10H,6-8,14H2,1-3H3. The molecule has 2 N–H and O–H groups in total. The molecule has 16 heavy (non-hydrogen) atoms. The lowest BCUT2D eigenvalue weighted by molar-refractivity contribution is 0.323. The summed E-state index contributed by atoms with van der Waals surface area (Å²) in [6.07, 6.45) is 1.26. The number of aryl methyl sites for hydroxylation is 1. The van der Waals surface area contributed by atoms with Crippen LogP contribution in [0.2, 0.25) is 0 Å². The quantitative estimate of drug-likeness (QED) is 0.789. The first-order valence-electron chi connectivity index (χ1n) is 6.06. The van der Waals surface area contributed by atoms with Crippen LogP contribution in [0.1, 0.15) is 26.0 Å². The third-order valence-electron chi connectivity index (χ3n) is 3.77. The topological polar surface area (TPSA) is 42.2 Å². The van der Waals surface area contributed by atoms with Crippen LogP contribution in [0.5, 0.6) is 0 Å². The van der Waals surface area contributed by atoms with Crippen molar-refractivity contribution in [3.05, 3.63) is 17.8 Å². The number of nitrogens with zero attached hydrogens (tertiary/aromatic N) is 2. The van der Waals surface area contributed by atoms with Gasteiger partial charge in [-0.15, -0.1) is 0 Å². The molecule has 1 saturated heterocycles. The average molecular weight is 219 g/mol. The Morgan fingerprint density at radius 3 is 2.69 bits per heavy atom. The summed E-state index contributed by atoms with van der Waals surface area (Å²) in [5.74, 6) is 2.64. The Labute approximate surface area is 97.7 Å². The Bertz CT molecular complexity index is 375. The highest BCUT2D eigenvalue weighted by atomic mass is 15.2. The molecule has 1 aromatic heterocycles. The molecule has 2 atom stereocenters. The predicted molar refractivity (Wildman–Crippen MR) is 68.5 cm³/mol. The van der Waals surface area contributed by atoms with E-state index in [0.717, 1.165) is 42.1 Å². The molecule has 0 aliphatic carbocycles. The van der Waals surface area contributed by atoms with E-state index in [4.69, 9.17) is 5.73 Å². The van der Waals surface area contributed by atoms with Crippen LogP contribution < -0.4 is 10.6 Å². The smallest absolute Gasteiger partial charge is 0.128 e. The van der Waals surface area contributed by atoms with Crippen molar-refractivity contribution in [1.29, 1.82) is 0 Å². The fraction of sp³-hybridized carbons (Fsp3) is 0.615. The van der Waals surface area contributed by atoms with Gasteiger partial charge in [0.05, 0.1) is 11.4 Å². The van der Waals surface area contributed by atoms with Gasteiger partial charge in [0, 0.05) is 13.1 Å². The minimum absolute atomic E-state index is 0.744. The molecule has 0 aromatic carbocycles. The van der Waals surface area contributed by atoms with Crippen molar-refractivity contribution < 1.29 is 0 Å². The second-order valence-corrected chi connectivity index (χ2v) is 5.03. The highest BCUT2D eigenvalue weighted by molar-refractivity contribution is 5.50. The maximum atomic E-state index is 5.79. The normalized spacial score (nSPS) is 25.8. The van der Waals surface area contributed by atoms with E-state index in [1.54, 1.807) is 0 Å². The summed E-state index contributed by atoms with van der Waals surface area (Å²) in [6.45, 7) is 8.85. The summed E-state index contributed by atoms with van der Waals surface area (Å²) < 4.78 is 0. The molecule has 0 radical (unpaired) electrons. The van der Waals surface area contributed by atoms with Gasteiger partial charge >= 0.3 is 0 Å². The lowest BCUT2D eigenvalue weighted by Gasteiger charge is -2.36. The molecule has 2 heterocycles. The van der Waals surface area contributed by atoms with Gasteiger partial charge in [0.2, 0.25) is 0 Å². The van der Waals surface area contributed by atoms with E-state index in [1.165, 1.54) is 6.42 Å². The molecule has 1 fully saturated rings. The van der Waals surface area contributed by atoms with E-state index in [0.29, 0.717) is 0 Å². The molecule has 0 saturated carbocycles. The van der Waals surface area contributed by atoms with E-state index in [-0.39, 0.29) is 0 Å². The van der Waals surface area contributed by atoms with Crippen LogP contribution in [-0.2, 0) is 0 Å². The molecule has 1 aromatic rings. The number of anilines is 2. The highest BCUT2D eigenvalue weighted by Crippen LogP contribution is 2.26. The van der Waals surface area contributed by atoms with Gasteiger partial charge in [-0.1, -0.05) is 13.8 Å². The minimum Gasteiger partial charge on any atom is -0.397 e. The Morgan fingerprint density at radius 1 is 1.31 bits per heavy atom. The Morgan fingerprint density at radius 2 is 2.06 bits per heavy atom. The van der Waals surface area contributed by atoms with Gasteiger partial charge in [-0.3, -0.25) is 0 Å². The van der Waals surface area contributed by atoms with Crippen LogP contribution in [0.25, 0.3) is 0 Å². The molecule has 2 unspecified atom stereocenters. The highest BCUT2D eigenvalue weighted by Gasteiger charge is 2.23. The van der Waals surface area contributed by atoms with Crippen molar-refractivity contribution >= 4 is 11.5 Å². The predicted octanol–water partition coefficient (Wildman–Crippen LogP) is 2.45. The van der Waals surface area contributed by atoms with Crippen LogP contribution in [0.15, 0.2) is 12.1 Å². The lowest BCUT2D eigenvalue weighted by atomic mass is 9.89. The van der Waals surface area contributed by atoms with Crippen molar-refractivity contribution in [3.63, 3.8) is 0 Å². The number of rotatable bonds is 1. The van der Waals surface area contributed by atoms with Crippen molar-refractivity contribution in [1.82, 2.24) is 4.98 Å². The third kappa shape index (κ3) is 2.13. The Balaban J connectivity index is 2.15.